The second kappa shape index (κ2) is 5.70. The number of nitrogens with two attached hydrogens (primary N) is 1. The molecule has 0 atom stereocenters. The predicted molar refractivity (Wildman–Crippen MR) is 68.1 cm³/mol. The van der Waals surface area contributed by atoms with E-state index in [-0.39, 0.29) is 0 Å². The normalized spacial score (nSPS) is 16.1. The van der Waals surface area contributed by atoms with E-state index in [0.717, 1.165) is 12.5 Å². The van der Waals surface area contributed by atoms with Crippen LogP contribution in [-0.4, -0.2) is 23.6 Å². The Bertz CT molecular complexity index is 364. The third-order valence-electron chi connectivity index (χ3n) is 3.36. The third-order valence-corrected chi connectivity index (χ3v) is 3.36. The Morgan fingerprint density at radius 1 is 1.41 bits per heavy atom. The van der Waals surface area contributed by atoms with Crippen LogP contribution in [0.25, 0.3) is 0 Å². The molecule has 5 heteroatoms. The summed E-state index contributed by atoms with van der Waals surface area (Å²) in [5.74, 6) is 2.48. The van der Waals surface area contributed by atoms with Crippen LogP contribution < -0.4 is 15.8 Å². The van der Waals surface area contributed by atoms with Gasteiger partial charge in [-0.25, -0.2) is 9.97 Å². The van der Waals surface area contributed by atoms with Crippen LogP contribution in [0, 0.1) is 5.92 Å². The first-order valence-corrected chi connectivity index (χ1v) is 6.19. The molecule has 5 nitrogen and oxygen atoms in total. The van der Waals surface area contributed by atoms with E-state index in [2.05, 4.69) is 15.3 Å². The summed E-state index contributed by atoms with van der Waals surface area (Å²) >= 11 is 0. The highest BCUT2D eigenvalue weighted by molar-refractivity contribution is 5.61. The van der Waals surface area contributed by atoms with Crippen LogP contribution >= 0.6 is 0 Å². The zero-order valence-electron chi connectivity index (χ0n) is 10.3. The maximum absolute atomic E-state index is 5.71. The summed E-state index contributed by atoms with van der Waals surface area (Å²) in [6, 6.07) is 0. The first kappa shape index (κ1) is 12.0. The molecule has 2 rings (SSSR count). The maximum atomic E-state index is 5.71. The molecule has 0 aliphatic heterocycles. The molecule has 17 heavy (non-hydrogen) atoms. The molecule has 0 bridgehead atoms. The summed E-state index contributed by atoms with van der Waals surface area (Å²) in [6.45, 7) is 0.914. The number of hydrogen-bond donors (Lipinski definition) is 2. The largest absolute Gasteiger partial charge is 0.490 e. The van der Waals surface area contributed by atoms with Crippen molar-refractivity contribution in [2.75, 3.05) is 24.7 Å². The molecule has 1 aliphatic rings. The molecule has 1 heterocycles. The van der Waals surface area contributed by atoms with Crippen molar-refractivity contribution in [3.05, 3.63) is 6.33 Å². The molecule has 0 unspecified atom stereocenters. The van der Waals surface area contributed by atoms with E-state index in [0.29, 0.717) is 17.4 Å². The molecular formula is C12H20N4O. The Balaban J connectivity index is 1.87. The summed E-state index contributed by atoms with van der Waals surface area (Å²) in [6.07, 6.45) is 8.14. The number of rotatable bonds is 5. The van der Waals surface area contributed by atoms with E-state index in [1.165, 1.54) is 38.4 Å². The van der Waals surface area contributed by atoms with Gasteiger partial charge >= 0.3 is 0 Å². The van der Waals surface area contributed by atoms with Crippen LogP contribution in [0.2, 0.25) is 0 Å². The Labute approximate surface area is 102 Å². The number of ether oxygens (including phenoxy) is 1. The number of nitrogens with zero attached hydrogens (tertiary/aromatic N) is 2. The summed E-state index contributed by atoms with van der Waals surface area (Å²) < 4.78 is 5.19. The average molecular weight is 236 g/mol. The highest BCUT2D eigenvalue weighted by Gasteiger charge is 2.15. The van der Waals surface area contributed by atoms with Gasteiger partial charge in [0.05, 0.1) is 7.11 Å². The minimum absolute atomic E-state index is 0.380. The predicted octanol–water partition coefficient (Wildman–Crippen LogP) is 2.06. The van der Waals surface area contributed by atoms with Gasteiger partial charge in [-0.3, -0.25) is 0 Å². The van der Waals surface area contributed by atoms with E-state index < -0.39 is 0 Å². The van der Waals surface area contributed by atoms with E-state index in [1.807, 2.05) is 0 Å². The van der Waals surface area contributed by atoms with Gasteiger partial charge in [0.1, 0.15) is 6.33 Å². The fourth-order valence-corrected chi connectivity index (χ4v) is 2.41. The molecule has 3 N–H and O–H groups in total. The van der Waals surface area contributed by atoms with Crippen molar-refractivity contribution in [2.24, 2.45) is 5.92 Å². The Kier molecular flexibility index (Phi) is 4.01. The van der Waals surface area contributed by atoms with Crippen LogP contribution in [0.4, 0.5) is 11.6 Å². The lowest BCUT2D eigenvalue weighted by molar-refractivity contribution is 0.415. The summed E-state index contributed by atoms with van der Waals surface area (Å²) in [7, 11) is 1.58. The topological polar surface area (TPSA) is 73.1 Å². The van der Waals surface area contributed by atoms with Crippen molar-refractivity contribution < 1.29 is 4.74 Å². The van der Waals surface area contributed by atoms with Crippen LogP contribution in [0.15, 0.2) is 6.33 Å². The SMILES string of the molecule is COc1c(N)ncnc1NCCC1CCCC1. The lowest BCUT2D eigenvalue weighted by Gasteiger charge is -2.13. The van der Waals surface area contributed by atoms with Crippen LogP contribution in [-0.2, 0) is 0 Å². The fourth-order valence-electron chi connectivity index (χ4n) is 2.41. The van der Waals surface area contributed by atoms with Crippen molar-refractivity contribution >= 4 is 11.6 Å². The zero-order valence-corrected chi connectivity index (χ0v) is 10.3. The quantitative estimate of drug-likeness (QED) is 0.818. The molecule has 94 valence electrons. The lowest BCUT2D eigenvalue weighted by Crippen LogP contribution is -2.10. The van der Waals surface area contributed by atoms with Crippen LogP contribution in [0.5, 0.6) is 5.75 Å². The van der Waals surface area contributed by atoms with E-state index >= 15 is 0 Å². The third kappa shape index (κ3) is 2.99. The molecule has 0 amide bonds. The van der Waals surface area contributed by atoms with Gasteiger partial charge in [-0.2, -0.15) is 0 Å². The van der Waals surface area contributed by atoms with Crippen molar-refractivity contribution in [3.63, 3.8) is 0 Å². The summed E-state index contributed by atoms with van der Waals surface area (Å²) in [5.41, 5.74) is 5.71. The minimum Gasteiger partial charge on any atom is -0.490 e. The smallest absolute Gasteiger partial charge is 0.203 e. The first-order chi connectivity index (χ1) is 8.31. The van der Waals surface area contributed by atoms with E-state index in [9.17, 15) is 0 Å². The number of methoxy groups -OCH3 is 1. The van der Waals surface area contributed by atoms with Gasteiger partial charge in [0.2, 0.25) is 5.75 Å². The number of hydrogen-bond acceptors (Lipinski definition) is 5. The molecule has 1 aromatic rings. The number of nitrogens with one attached hydrogen (secondary N) is 1. The highest BCUT2D eigenvalue weighted by Crippen LogP contribution is 2.29. The number of aromatic nitrogens is 2. The highest BCUT2D eigenvalue weighted by atomic mass is 16.5. The second-order valence-electron chi connectivity index (χ2n) is 4.51. The number of anilines is 2. The first-order valence-electron chi connectivity index (χ1n) is 6.19. The van der Waals surface area contributed by atoms with Crippen molar-refractivity contribution in [2.45, 2.75) is 32.1 Å². The fraction of sp³-hybridized carbons (Fsp3) is 0.667. The van der Waals surface area contributed by atoms with Crippen LogP contribution in [0.3, 0.4) is 0 Å². The summed E-state index contributed by atoms with van der Waals surface area (Å²) in [4.78, 5) is 8.05. The summed E-state index contributed by atoms with van der Waals surface area (Å²) in [5, 5.41) is 3.28. The standard InChI is InChI=1S/C12H20N4O/c1-17-10-11(13)15-8-16-12(10)14-7-6-9-4-2-3-5-9/h8-9H,2-7H2,1H3,(H3,13,14,15,16). The molecule has 0 aromatic carbocycles. The molecule has 1 aliphatic carbocycles. The average Bonchev–Trinajstić information content (AvgIpc) is 2.82. The van der Waals surface area contributed by atoms with Gasteiger partial charge < -0.3 is 15.8 Å². The molecule has 0 radical (unpaired) electrons. The van der Waals surface area contributed by atoms with Crippen molar-refractivity contribution in [3.8, 4) is 5.75 Å². The molecular weight excluding hydrogens is 216 g/mol. The van der Waals surface area contributed by atoms with E-state index in [4.69, 9.17) is 10.5 Å². The molecule has 0 spiro atoms. The minimum atomic E-state index is 0.380. The number of nitrogen functional groups attached to an aromatic ring is 1. The Morgan fingerprint density at radius 2 is 2.18 bits per heavy atom. The van der Waals surface area contributed by atoms with Crippen molar-refractivity contribution in [1.29, 1.82) is 0 Å². The van der Waals surface area contributed by atoms with Gasteiger partial charge in [0.25, 0.3) is 0 Å². The van der Waals surface area contributed by atoms with Gasteiger partial charge in [-0.05, 0) is 12.3 Å². The lowest BCUT2D eigenvalue weighted by atomic mass is 10.0. The maximum Gasteiger partial charge on any atom is 0.203 e. The molecule has 1 fully saturated rings. The zero-order chi connectivity index (χ0) is 12.1. The van der Waals surface area contributed by atoms with Gasteiger partial charge in [0, 0.05) is 6.54 Å². The Morgan fingerprint density at radius 3 is 2.88 bits per heavy atom. The van der Waals surface area contributed by atoms with Crippen molar-refractivity contribution in [1.82, 2.24) is 9.97 Å². The molecule has 1 saturated carbocycles. The molecule has 1 aromatic heterocycles. The van der Waals surface area contributed by atoms with Crippen LogP contribution in [0.1, 0.15) is 32.1 Å². The second-order valence-corrected chi connectivity index (χ2v) is 4.51. The van der Waals surface area contributed by atoms with Gasteiger partial charge in [-0.15, -0.1) is 0 Å². The van der Waals surface area contributed by atoms with Gasteiger partial charge in [-0.1, -0.05) is 25.7 Å². The Hall–Kier alpha value is -1.52. The van der Waals surface area contributed by atoms with Gasteiger partial charge in [0.15, 0.2) is 11.6 Å². The molecule has 0 saturated heterocycles. The van der Waals surface area contributed by atoms with E-state index in [1.54, 1.807) is 7.11 Å². The monoisotopic (exact) mass is 236 g/mol.